The second-order valence-electron chi connectivity index (χ2n) is 12.6. The summed E-state index contributed by atoms with van der Waals surface area (Å²) in [6.07, 6.45) is 4.70. The molecule has 2 heterocycles. The van der Waals surface area contributed by atoms with Gasteiger partial charge < -0.3 is 20.1 Å². The average molecular weight is 722 g/mol. The van der Waals surface area contributed by atoms with Crippen LogP contribution in [0.1, 0.15) is 28.8 Å². The fourth-order valence-corrected chi connectivity index (χ4v) is 8.64. The van der Waals surface area contributed by atoms with Crippen molar-refractivity contribution in [3.63, 3.8) is 0 Å². The third kappa shape index (κ3) is 4.65. The van der Waals surface area contributed by atoms with Gasteiger partial charge >= 0.3 is 5.97 Å². The smallest absolute Gasteiger partial charge is 0.339 e. The summed E-state index contributed by atoms with van der Waals surface area (Å²) >= 11 is 14.6. The third-order valence-corrected chi connectivity index (χ3v) is 11.5. The van der Waals surface area contributed by atoms with Crippen molar-refractivity contribution < 1.29 is 48.4 Å². The molecule has 4 amide bonds. The van der Waals surface area contributed by atoms with Crippen molar-refractivity contribution in [2.75, 3.05) is 16.9 Å². The molecule has 2 aliphatic heterocycles. The molecule has 7 rings (SSSR count). The first-order chi connectivity index (χ1) is 23.7. The normalized spacial score (nSPS) is 28.8. The largest absolute Gasteiger partial charge is 0.507 e. The van der Waals surface area contributed by atoms with Crippen molar-refractivity contribution in [1.82, 2.24) is 0 Å². The fourth-order valence-electron chi connectivity index (χ4n) is 7.75. The number of amides is 4. The van der Waals surface area contributed by atoms with Gasteiger partial charge in [0.1, 0.15) is 17.1 Å². The molecule has 256 valence electrons. The van der Waals surface area contributed by atoms with Crippen molar-refractivity contribution >= 4 is 70.3 Å². The summed E-state index contributed by atoms with van der Waals surface area (Å²) in [6, 6.07) is 12.6. The van der Waals surface area contributed by atoms with Crippen LogP contribution in [-0.2, 0) is 19.2 Å². The summed E-state index contributed by atoms with van der Waals surface area (Å²) in [4.78, 5) is 65.6. The van der Waals surface area contributed by atoms with Gasteiger partial charge in [-0.2, -0.15) is 0 Å². The topological polar surface area (TPSA) is 162 Å². The number of fused-ring (bicyclic) bond motifs is 4. The second-order valence-corrected chi connectivity index (χ2v) is 13.8. The number of carboxylic acid groups (broad SMARTS) is 1. The number of aromatic carboxylic acids is 1. The summed E-state index contributed by atoms with van der Waals surface area (Å²) < 4.78 is 19.1. The SMILES string of the molecule is COc1cc(C=CC2C3=CCC4C(=O)N(c5ccc(C(=O)O)c(O)c5)C(=O)C4C3CC3(Cl)C(=O)N(c4ccc(F)cc4)C(=O)C23Cl)ccc1O. The van der Waals surface area contributed by atoms with E-state index in [0.29, 0.717) is 11.1 Å². The van der Waals surface area contributed by atoms with E-state index in [2.05, 4.69) is 0 Å². The van der Waals surface area contributed by atoms with Crippen LogP contribution >= 0.6 is 23.2 Å². The number of aromatic hydroxyl groups is 2. The molecule has 6 atom stereocenters. The van der Waals surface area contributed by atoms with E-state index in [1.54, 1.807) is 30.4 Å². The maximum Gasteiger partial charge on any atom is 0.339 e. The number of ether oxygens (including phenoxy) is 1. The number of anilines is 2. The van der Waals surface area contributed by atoms with Gasteiger partial charge in [0.15, 0.2) is 21.2 Å². The molecule has 2 aliphatic carbocycles. The Hall–Kier alpha value is -5.20. The van der Waals surface area contributed by atoms with Crippen LogP contribution in [0.4, 0.5) is 15.8 Å². The van der Waals surface area contributed by atoms with Crippen LogP contribution in [0, 0.1) is 29.5 Å². The number of phenolic OH excluding ortho intramolecular Hbond substituents is 1. The number of allylic oxidation sites excluding steroid dienone is 3. The van der Waals surface area contributed by atoms with Crippen LogP contribution in [0.5, 0.6) is 17.2 Å². The first kappa shape index (κ1) is 33.3. The number of imide groups is 2. The molecule has 0 spiro atoms. The summed E-state index contributed by atoms with van der Waals surface area (Å²) in [5, 5.41) is 29.8. The Morgan fingerprint density at radius 2 is 1.60 bits per heavy atom. The number of rotatable bonds is 6. The van der Waals surface area contributed by atoms with E-state index in [9.17, 15) is 43.7 Å². The molecule has 0 aromatic heterocycles. The highest BCUT2D eigenvalue weighted by atomic mass is 35.5. The van der Waals surface area contributed by atoms with E-state index >= 15 is 0 Å². The Labute approximate surface area is 293 Å². The van der Waals surface area contributed by atoms with Gasteiger partial charge in [-0.1, -0.05) is 29.9 Å². The highest BCUT2D eigenvalue weighted by Crippen LogP contribution is 2.63. The van der Waals surface area contributed by atoms with Crippen molar-refractivity contribution in [3.05, 3.63) is 95.3 Å². The molecule has 4 aliphatic rings. The van der Waals surface area contributed by atoms with E-state index < -0.39 is 80.1 Å². The number of phenols is 2. The highest BCUT2D eigenvalue weighted by molar-refractivity contribution is 6.58. The van der Waals surface area contributed by atoms with Gasteiger partial charge in [-0.3, -0.25) is 19.2 Å². The van der Waals surface area contributed by atoms with Gasteiger partial charge in [-0.05, 0) is 72.9 Å². The Morgan fingerprint density at radius 3 is 2.26 bits per heavy atom. The number of hydrogen-bond acceptors (Lipinski definition) is 8. The van der Waals surface area contributed by atoms with Crippen LogP contribution in [0.25, 0.3) is 6.08 Å². The van der Waals surface area contributed by atoms with Gasteiger partial charge in [-0.15, -0.1) is 23.2 Å². The van der Waals surface area contributed by atoms with Crippen molar-refractivity contribution in [1.29, 1.82) is 0 Å². The molecule has 1 saturated carbocycles. The molecule has 2 saturated heterocycles. The van der Waals surface area contributed by atoms with Crippen LogP contribution in [0.15, 0.2) is 78.4 Å². The van der Waals surface area contributed by atoms with Gasteiger partial charge in [-0.25, -0.2) is 19.0 Å². The number of carbonyl (C=O) groups is 5. The summed E-state index contributed by atoms with van der Waals surface area (Å²) in [5.41, 5.74) is 0.633. The lowest BCUT2D eigenvalue weighted by molar-refractivity contribution is -0.125. The lowest BCUT2D eigenvalue weighted by Gasteiger charge is -2.49. The molecule has 6 unspecified atom stereocenters. The molecular formula is C36H27Cl2FN2O9. The summed E-state index contributed by atoms with van der Waals surface area (Å²) in [6.45, 7) is 0. The van der Waals surface area contributed by atoms with Gasteiger partial charge in [0.2, 0.25) is 11.8 Å². The third-order valence-electron chi connectivity index (χ3n) is 10.1. The number of carbonyl (C=O) groups excluding carboxylic acids is 4. The molecule has 3 fully saturated rings. The van der Waals surface area contributed by atoms with Crippen LogP contribution in [-0.4, -0.2) is 61.8 Å². The minimum atomic E-state index is -2.14. The van der Waals surface area contributed by atoms with E-state index in [4.69, 9.17) is 27.9 Å². The fraction of sp³-hybridized carbons (Fsp3) is 0.250. The molecule has 0 radical (unpaired) electrons. The molecule has 11 nitrogen and oxygen atoms in total. The maximum absolute atomic E-state index is 14.4. The molecule has 3 N–H and O–H groups in total. The van der Waals surface area contributed by atoms with Gasteiger partial charge in [0, 0.05) is 12.0 Å². The van der Waals surface area contributed by atoms with Crippen molar-refractivity contribution in [3.8, 4) is 17.2 Å². The molecule has 0 bridgehead atoms. The predicted molar refractivity (Wildman–Crippen MR) is 179 cm³/mol. The number of methoxy groups -OCH3 is 1. The highest BCUT2D eigenvalue weighted by Gasteiger charge is 2.76. The number of alkyl halides is 2. The number of benzene rings is 3. The summed E-state index contributed by atoms with van der Waals surface area (Å²) in [7, 11) is 1.38. The van der Waals surface area contributed by atoms with E-state index in [1.165, 1.54) is 31.4 Å². The van der Waals surface area contributed by atoms with E-state index in [1.807, 2.05) is 0 Å². The number of halogens is 3. The van der Waals surface area contributed by atoms with Crippen molar-refractivity contribution in [2.24, 2.45) is 23.7 Å². The Bertz CT molecular complexity index is 2090. The Kier molecular flexibility index (Phi) is 7.80. The van der Waals surface area contributed by atoms with Crippen LogP contribution in [0.3, 0.4) is 0 Å². The van der Waals surface area contributed by atoms with Gasteiger partial charge in [0.25, 0.3) is 11.8 Å². The molecule has 3 aromatic rings. The minimum Gasteiger partial charge on any atom is -0.507 e. The Balaban J connectivity index is 1.34. The maximum atomic E-state index is 14.4. The zero-order chi connectivity index (χ0) is 35.9. The number of nitrogens with zero attached hydrogens (tertiary/aromatic N) is 2. The van der Waals surface area contributed by atoms with Crippen LogP contribution in [0.2, 0.25) is 0 Å². The lowest BCUT2D eigenvalue weighted by Crippen LogP contribution is -2.60. The second kappa shape index (κ2) is 11.7. The molecule has 3 aromatic carbocycles. The first-order valence-electron chi connectivity index (χ1n) is 15.4. The van der Waals surface area contributed by atoms with E-state index in [-0.39, 0.29) is 35.7 Å². The van der Waals surface area contributed by atoms with Crippen LogP contribution < -0.4 is 14.5 Å². The molecule has 14 heteroatoms. The standard InChI is InChI=1S/C36H27Cl2FN2O9/c1-50-28-14-17(3-13-26(28)42)2-12-25-21-10-11-23-29(31(45)40(30(23)44)20-8-9-22(32(46)47)27(43)15-20)24(21)16-35(37)33(48)41(34(49)36(25,35)38)19-6-4-18(39)5-7-19/h2-10,12-15,23-25,29,42-43H,11,16H2,1H3,(H,46,47). The first-order valence-corrected chi connectivity index (χ1v) is 16.2. The molecule has 50 heavy (non-hydrogen) atoms. The molecular weight excluding hydrogens is 694 g/mol. The zero-order valence-electron chi connectivity index (χ0n) is 26.0. The predicted octanol–water partition coefficient (Wildman–Crippen LogP) is 5.26. The number of hydrogen-bond donors (Lipinski definition) is 3. The van der Waals surface area contributed by atoms with Crippen molar-refractivity contribution in [2.45, 2.75) is 22.6 Å². The quantitative estimate of drug-likeness (QED) is 0.175. The van der Waals surface area contributed by atoms with Gasteiger partial charge in [0.05, 0.1) is 30.3 Å². The lowest BCUT2D eigenvalue weighted by atomic mass is 9.57. The zero-order valence-corrected chi connectivity index (χ0v) is 27.6. The summed E-state index contributed by atoms with van der Waals surface area (Å²) in [5.74, 6) is -9.44. The number of carboxylic acids is 1. The van der Waals surface area contributed by atoms with E-state index in [0.717, 1.165) is 34.1 Å². The Morgan fingerprint density at radius 1 is 0.900 bits per heavy atom. The average Bonchev–Trinajstić information content (AvgIpc) is 3.42. The minimum absolute atomic E-state index is 0.0335. The monoisotopic (exact) mass is 720 g/mol.